The minimum Gasteiger partial charge on any atom is -0.472 e. The molecule has 2 aromatic heterocycles. The number of hydrogen-bond acceptors (Lipinski definition) is 7. The predicted molar refractivity (Wildman–Crippen MR) is 96.7 cm³/mol. The molecule has 2 N–H and O–H groups in total. The van der Waals surface area contributed by atoms with E-state index in [1.165, 1.54) is 18.4 Å². The van der Waals surface area contributed by atoms with E-state index in [0.717, 1.165) is 44.2 Å². The third-order valence-electron chi connectivity index (χ3n) is 6.09. The summed E-state index contributed by atoms with van der Waals surface area (Å²) in [5, 5.41) is 0. The topological polar surface area (TPSA) is 75.5 Å². The maximum atomic E-state index is 5.45. The van der Waals surface area contributed by atoms with E-state index in [4.69, 9.17) is 9.15 Å². The minimum atomic E-state index is 0.220. The van der Waals surface area contributed by atoms with Gasteiger partial charge in [0.05, 0.1) is 37.5 Å². The van der Waals surface area contributed by atoms with Gasteiger partial charge in [-0.25, -0.2) is 15.4 Å². The fourth-order valence-electron chi connectivity index (χ4n) is 4.66. The number of hydrogen-bond donors (Lipinski definition) is 2. The van der Waals surface area contributed by atoms with Crippen LogP contribution in [0.5, 0.6) is 0 Å². The first-order valence-electron chi connectivity index (χ1n) is 9.56. The summed E-state index contributed by atoms with van der Waals surface area (Å²) in [6.45, 7) is 3.31. The van der Waals surface area contributed by atoms with Crippen LogP contribution in [0.1, 0.15) is 42.5 Å². The number of rotatable bonds is 3. The zero-order chi connectivity index (χ0) is 17.3. The number of furan rings is 1. The third kappa shape index (κ3) is 3.00. The number of anilines is 1. The van der Waals surface area contributed by atoms with E-state index in [2.05, 4.69) is 37.9 Å². The lowest BCUT2D eigenvalue weighted by atomic mass is 9.73. The molecule has 0 amide bonds. The third-order valence-corrected chi connectivity index (χ3v) is 6.09. The quantitative estimate of drug-likeness (QED) is 0.872. The second-order valence-corrected chi connectivity index (χ2v) is 7.50. The Hall–Kier alpha value is -1.96. The van der Waals surface area contributed by atoms with Gasteiger partial charge in [0.2, 0.25) is 0 Å². The zero-order valence-electron chi connectivity index (χ0n) is 14.8. The molecule has 138 valence electrons. The van der Waals surface area contributed by atoms with Crippen LogP contribution in [0, 0.1) is 5.92 Å². The average molecular weight is 355 g/mol. The number of hydrazine groups is 1. The first kappa shape index (κ1) is 16.2. The molecule has 3 fully saturated rings. The van der Waals surface area contributed by atoms with E-state index in [-0.39, 0.29) is 6.04 Å². The van der Waals surface area contributed by atoms with E-state index in [0.29, 0.717) is 17.9 Å². The van der Waals surface area contributed by atoms with Crippen LogP contribution in [0.3, 0.4) is 0 Å². The molecule has 0 radical (unpaired) electrons. The summed E-state index contributed by atoms with van der Waals surface area (Å²) in [4.78, 5) is 11.4. The molecule has 3 aliphatic rings. The van der Waals surface area contributed by atoms with Crippen molar-refractivity contribution in [2.45, 2.75) is 37.3 Å². The molecule has 1 saturated carbocycles. The van der Waals surface area contributed by atoms with Crippen molar-refractivity contribution in [2.24, 2.45) is 5.92 Å². The van der Waals surface area contributed by atoms with E-state index in [9.17, 15) is 0 Å². The fourth-order valence-corrected chi connectivity index (χ4v) is 4.66. The van der Waals surface area contributed by atoms with Gasteiger partial charge in [0.1, 0.15) is 12.1 Å². The predicted octanol–water partition coefficient (Wildman–Crippen LogP) is 2.01. The van der Waals surface area contributed by atoms with Crippen molar-refractivity contribution in [3.05, 3.63) is 42.2 Å². The maximum absolute atomic E-state index is 5.45. The summed E-state index contributed by atoms with van der Waals surface area (Å²) in [5.41, 5.74) is 9.41. The van der Waals surface area contributed by atoms with Gasteiger partial charge in [0, 0.05) is 25.2 Å². The molecule has 0 bridgehead atoms. The van der Waals surface area contributed by atoms with Crippen LogP contribution in [0.25, 0.3) is 0 Å². The first-order chi connectivity index (χ1) is 12.9. The largest absolute Gasteiger partial charge is 0.472 e. The van der Waals surface area contributed by atoms with Crippen LogP contribution < -0.4 is 15.8 Å². The SMILES string of the molecule is c1nc(C2NNC3CCC(c4ccoc4)CC32)cc(N2CCOCC2)n1. The van der Waals surface area contributed by atoms with Crippen LogP contribution in [0.4, 0.5) is 5.82 Å². The van der Waals surface area contributed by atoms with Gasteiger partial charge in [0.15, 0.2) is 0 Å². The second-order valence-electron chi connectivity index (χ2n) is 7.50. The molecular weight excluding hydrogens is 330 g/mol. The average Bonchev–Trinajstić information content (AvgIpc) is 3.38. The Bertz CT molecular complexity index is 731. The lowest BCUT2D eigenvalue weighted by Crippen LogP contribution is -2.37. The Morgan fingerprint density at radius 1 is 1.12 bits per heavy atom. The van der Waals surface area contributed by atoms with Crippen molar-refractivity contribution in [3.63, 3.8) is 0 Å². The molecule has 1 aliphatic carbocycles. The Kier molecular flexibility index (Phi) is 4.36. The second kappa shape index (κ2) is 6.98. The summed E-state index contributed by atoms with van der Waals surface area (Å²) in [7, 11) is 0. The molecule has 26 heavy (non-hydrogen) atoms. The molecule has 0 aromatic carbocycles. The van der Waals surface area contributed by atoms with Crippen LogP contribution in [0.15, 0.2) is 35.4 Å². The molecular formula is C19H25N5O2. The highest BCUT2D eigenvalue weighted by Gasteiger charge is 2.42. The van der Waals surface area contributed by atoms with Crippen molar-refractivity contribution >= 4 is 5.82 Å². The van der Waals surface area contributed by atoms with Crippen LogP contribution >= 0.6 is 0 Å². The van der Waals surface area contributed by atoms with Crippen molar-refractivity contribution in [3.8, 4) is 0 Å². The van der Waals surface area contributed by atoms with Crippen LogP contribution in [0.2, 0.25) is 0 Å². The summed E-state index contributed by atoms with van der Waals surface area (Å²) in [6.07, 6.45) is 8.90. The van der Waals surface area contributed by atoms with Gasteiger partial charge in [-0.05, 0) is 42.7 Å². The summed E-state index contributed by atoms with van der Waals surface area (Å²) < 4.78 is 10.8. The van der Waals surface area contributed by atoms with Gasteiger partial charge in [-0.3, -0.25) is 5.43 Å². The molecule has 2 aromatic rings. The van der Waals surface area contributed by atoms with Gasteiger partial charge < -0.3 is 14.1 Å². The number of ether oxygens (including phenoxy) is 1. The molecule has 2 aliphatic heterocycles. The van der Waals surface area contributed by atoms with Gasteiger partial charge in [0.25, 0.3) is 0 Å². The van der Waals surface area contributed by atoms with E-state index in [1.807, 2.05) is 6.26 Å². The van der Waals surface area contributed by atoms with Crippen LogP contribution in [-0.2, 0) is 4.74 Å². The number of fused-ring (bicyclic) bond motifs is 1. The maximum Gasteiger partial charge on any atom is 0.132 e. The minimum absolute atomic E-state index is 0.220. The highest BCUT2D eigenvalue weighted by molar-refractivity contribution is 5.40. The van der Waals surface area contributed by atoms with Gasteiger partial charge in [-0.15, -0.1) is 0 Å². The van der Waals surface area contributed by atoms with Crippen molar-refractivity contribution < 1.29 is 9.15 Å². The number of morpholine rings is 1. The van der Waals surface area contributed by atoms with E-state index >= 15 is 0 Å². The Morgan fingerprint density at radius 3 is 2.88 bits per heavy atom. The number of nitrogens with zero attached hydrogens (tertiary/aromatic N) is 3. The highest BCUT2D eigenvalue weighted by Crippen LogP contribution is 2.43. The molecule has 2 saturated heterocycles. The van der Waals surface area contributed by atoms with Gasteiger partial charge >= 0.3 is 0 Å². The summed E-state index contributed by atoms with van der Waals surface area (Å²) in [5.74, 6) is 2.10. The van der Waals surface area contributed by atoms with Crippen molar-refractivity contribution in [2.75, 3.05) is 31.2 Å². The molecule has 5 rings (SSSR count). The number of nitrogens with one attached hydrogen (secondary N) is 2. The summed E-state index contributed by atoms with van der Waals surface area (Å²) >= 11 is 0. The molecule has 4 atom stereocenters. The van der Waals surface area contributed by atoms with E-state index in [1.54, 1.807) is 12.6 Å². The smallest absolute Gasteiger partial charge is 0.132 e. The zero-order valence-corrected chi connectivity index (χ0v) is 14.8. The van der Waals surface area contributed by atoms with Gasteiger partial charge in [-0.2, -0.15) is 0 Å². The Morgan fingerprint density at radius 2 is 2.04 bits per heavy atom. The monoisotopic (exact) mass is 355 g/mol. The normalized spacial score (nSPS) is 31.8. The Balaban J connectivity index is 1.36. The lowest BCUT2D eigenvalue weighted by molar-refractivity contribution is 0.122. The molecule has 4 unspecified atom stereocenters. The molecule has 0 spiro atoms. The van der Waals surface area contributed by atoms with Crippen molar-refractivity contribution in [1.29, 1.82) is 0 Å². The molecule has 7 nitrogen and oxygen atoms in total. The van der Waals surface area contributed by atoms with E-state index < -0.39 is 0 Å². The summed E-state index contributed by atoms with van der Waals surface area (Å²) in [6, 6.07) is 4.98. The molecule has 7 heteroatoms. The standard InChI is InChI=1S/C19H25N5O2/c1-2-16-15(9-13(1)14-3-6-26-11-14)19(23-22-16)17-10-18(21-12-20-17)24-4-7-25-8-5-24/h3,6,10-13,15-16,19,22-23H,1-2,4-5,7-9H2. The lowest BCUT2D eigenvalue weighted by Gasteiger charge is -2.33. The number of aromatic nitrogens is 2. The molecule has 4 heterocycles. The first-order valence-corrected chi connectivity index (χ1v) is 9.56. The van der Waals surface area contributed by atoms with Crippen molar-refractivity contribution in [1.82, 2.24) is 20.8 Å². The van der Waals surface area contributed by atoms with Gasteiger partial charge in [-0.1, -0.05) is 0 Å². The van der Waals surface area contributed by atoms with Crippen LogP contribution in [-0.4, -0.2) is 42.3 Å². The Labute approximate surface area is 153 Å². The fraction of sp³-hybridized carbons (Fsp3) is 0.579. The highest BCUT2D eigenvalue weighted by atomic mass is 16.5.